The van der Waals surface area contributed by atoms with Crippen molar-refractivity contribution < 1.29 is 24.2 Å². The first-order valence-corrected chi connectivity index (χ1v) is 14.1. The van der Waals surface area contributed by atoms with Crippen LogP contribution >= 0.6 is 0 Å². The van der Waals surface area contributed by atoms with Gasteiger partial charge in [0.1, 0.15) is 0 Å². The fraction of sp³-hybridized carbons (Fsp3) is 0.548. The van der Waals surface area contributed by atoms with Gasteiger partial charge in [-0.2, -0.15) is 0 Å². The highest BCUT2D eigenvalue weighted by Gasteiger charge is 2.24. The quantitative estimate of drug-likeness (QED) is 0.244. The predicted octanol–water partition coefficient (Wildman–Crippen LogP) is 7.04. The summed E-state index contributed by atoms with van der Waals surface area (Å²) in [6.07, 6.45) is 9.54. The standard InChI is InChI=1S/C31H44N2O5/c1-3-4-5-6-10-19-33(31(36)32-26-15-8-7-9-16-26)20-21-37-27-17-12-18-28(22-27)38-23-25-14-11-13-24(2)29(25)30(34)35/h7-9,11,13-16,27-28H,3-6,10,12,17-23H2,1-2H3,(H,32,36)(H,34,35)/t27-,28+/m0/s1. The molecule has 0 unspecified atom stereocenters. The van der Waals surface area contributed by atoms with Crippen LogP contribution in [0.3, 0.4) is 0 Å². The molecule has 0 spiro atoms. The molecule has 3 rings (SSSR count). The Morgan fingerprint density at radius 3 is 2.42 bits per heavy atom. The topological polar surface area (TPSA) is 88.1 Å². The summed E-state index contributed by atoms with van der Waals surface area (Å²) < 4.78 is 12.4. The Labute approximate surface area is 227 Å². The number of hydrogen-bond acceptors (Lipinski definition) is 4. The van der Waals surface area contributed by atoms with E-state index in [1.54, 1.807) is 0 Å². The van der Waals surface area contributed by atoms with Gasteiger partial charge >= 0.3 is 12.0 Å². The van der Waals surface area contributed by atoms with E-state index in [-0.39, 0.29) is 24.8 Å². The van der Waals surface area contributed by atoms with Crippen LogP contribution in [0, 0.1) is 6.92 Å². The van der Waals surface area contributed by atoms with Gasteiger partial charge in [-0.1, -0.05) is 69.0 Å². The molecular formula is C31H44N2O5. The molecule has 0 aliphatic heterocycles. The monoisotopic (exact) mass is 524 g/mol. The molecule has 208 valence electrons. The van der Waals surface area contributed by atoms with Crippen LogP contribution in [-0.4, -0.2) is 53.9 Å². The van der Waals surface area contributed by atoms with Gasteiger partial charge in [-0.15, -0.1) is 0 Å². The van der Waals surface area contributed by atoms with Crippen molar-refractivity contribution in [2.75, 3.05) is 25.0 Å². The summed E-state index contributed by atoms with van der Waals surface area (Å²) in [5.74, 6) is -0.919. The maximum Gasteiger partial charge on any atom is 0.336 e. The summed E-state index contributed by atoms with van der Waals surface area (Å²) in [6.45, 7) is 6.03. The molecule has 0 bridgehead atoms. The highest BCUT2D eigenvalue weighted by Crippen LogP contribution is 2.25. The Hall–Kier alpha value is -2.90. The zero-order valence-corrected chi connectivity index (χ0v) is 23.0. The first kappa shape index (κ1) is 29.7. The van der Waals surface area contributed by atoms with E-state index in [1.807, 2.05) is 60.4 Å². The van der Waals surface area contributed by atoms with Gasteiger partial charge in [-0.25, -0.2) is 9.59 Å². The number of para-hydroxylation sites is 1. The highest BCUT2D eigenvalue weighted by molar-refractivity contribution is 5.91. The van der Waals surface area contributed by atoms with Crippen LogP contribution in [0.5, 0.6) is 0 Å². The minimum absolute atomic E-state index is 0.0342. The van der Waals surface area contributed by atoms with Gasteiger partial charge in [0.2, 0.25) is 0 Å². The van der Waals surface area contributed by atoms with Gasteiger partial charge < -0.3 is 24.8 Å². The third-order valence-corrected chi connectivity index (χ3v) is 7.18. The maximum absolute atomic E-state index is 13.0. The highest BCUT2D eigenvalue weighted by atomic mass is 16.5. The molecule has 0 radical (unpaired) electrons. The Morgan fingerprint density at radius 2 is 1.68 bits per heavy atom. The second-order valence-corrected chi connectivity index (χ2v) is 10.2. The molecule has 1 aliphatic rings. The summed E-state index contributed by atoms with van der Waals surface area (Å²) >= 11 is 0. The molecule has 1 fully saturated rings. The van der Waals surface area contributed by atoms with Crippen LogP contribution in [0.15, 0.2) is 48.5 Å². The van der Waals surface area contributed by atoms with E-state index in [0.717, 1.165) is 49.8 Å². The van der Waals surface area contributed by atoms with Crippen molar-refractivity contribution in [2.24, 2.45) is 0 Å². The first-order chi connectivity index (χ1) is 18.5. The molecule has 7 nitrogen and oxygen atoms in total. The third kappa shape index (κ3) is 9.76. The van der Waals surface area contributed by atoms with Crippen molar-refractivity contribution in [2.45, 2.75) is 90.4 Å². The van der Waals surface area contributed by atoms with Gasteiger partial charge in [0.15, 0.2) is 0 Å². The van der Waals surface area contributed by atoms with Gasteiger partial charge in [0.05, 0.1) is 31.0 Å². The summed E-state index contributed by atoms with van der Waals surface area (Å²) in [7, 11) is 0. The molecule has 0 saturated heterocycles. The average molecular weight is 525 g/mol. The number of benzene rings is 2. The van der Waals surface area contributed by atoms with Crippen LogP contribution in [0.1, 0.15) is 86.2 Å². The van der Waals surface area contributed by atoms with E-state index in [4.69, 9.17) is 9.47 Å². The SMILES string of the molecule is CCCCCCCN(CCO[C@H]1CCC[C@@H](OCc2cccc(C)c2C(=O)O)C1)C(=O)Nc1ccccc1. The molecule has 38 heavy (non-hydrogen) atoms. The molecule has 0 heterocycles. The number of carboxylic acids is 1. The van der Waals surface area contributed by atoms with E-state index < -0.39 is 5.97 Å². The van der Waals surface area contributed by atoms with Gasteiger partial charge in [-0.3, -0.25) is 0 Å². The number of carbonyl (C=O) groups is 2. The Morgan fingerprint density at radius 1 is 0.947 bits per heavy atom. The molecule has 1 saturated carbocycles. The second kappa shape index (κ2) is 16.1. The fourth-order valence-electron chi connectivity index (χ4n) is 5.04. The number of ether oxygens (including phenoxy) is 2. The number of rotatable bonds is 15. The van der Waals surface area contributed by atoms with Gasteiger partial charge in [-0.05, 0) is 62.3 Å². The average Bonchev–Trinajstić information content (AvgIpc) is 2.91. The number of aromatic carboxylic acids is 1. The van der Waals surface area contributed by atoms with E-state index in [9.17, 15) is 14.7 Å². The lowest BCUT2D eigenvalue weighted by Gasteiger charge is -2.30. The lowest BCUT2D eigenvalue weighted by molar-refractivity contribution is -0.0523. The number of unbranched alkanes of at least 4 members (excludes halogenated alkanes) is 4. The maximum atomic E-state index is 13.0. The number of carbonyl (C=O) groups excluding carboxylic acids is 1. The molecule has 2 N–H and O–H groups in total. The number of nitrogens with zero attached hydrogens (tertiary/aromatic N) is 1. The largest absolute Gasteiger partial charge is 0.478 e. The molecular weight excluding hydrogens is 480 g/mol. The lowest BCUT2D eigenvalue weighted by atomic mass is 9.94. The Bertz CT molecular complexity index is 997. The zero-order valence-electron chi connectivity index (χ0n) is 23.0. The van der Waals surface area contributed by atoms with E-state index in [1.165, 1.54) is 19.3 Å². The minimum atomic E-state index is -0.919. The number of urea groups is 1. The van der Waals surface area contributed by atoms with Crippen molar-refractivity contribution >= 4 is 17.7 Å². The number of hydrogen-bond donors (Lipinski definition) is 2. The van der Waals surface area contributed by atoms with Crippen molar-refractivity contribution in [3.63, 3.8) is 0 Å². The van der Waals surface area contributed by atoms with E-state index in [2.05, 4.69) is 12.2 Å². The summed E-state index contributed by atoms with van der Waals surface area (Å²) in [5, 5.41) is 12.6. The first-order valence-electron chi connectivity index (χ1n) is 14.1. The van der Waals surface area contributed by atoms with Crippen molar-refractivity contribution in [1.82, 2.24) is 4.90 Å². The molecule has 2 aromatic carbocycles. The molecule has 7 heteroatoms. The zero-order chi connectivity index (χ0) is 27.2. The molecule has 2 amide bonds. The minimum Gasteiger partial charge on any atom is -0.478 e. The summed E-state index contributed by atoms with van der Waals surface area (Å²) in [6, 6.07) is 15.0. The summed E-state index contributed by atoms with van der Waals surface area (Å²) in [4.78, 5) is 26.5. The molecule has 2 aromatic rings. The van der Waals surface area contributed by atoms with Crippen molar-refractivity contribution in [3.05, 3.63) is 65.2 Å². The van der Waals surface area contributed by atoms with E-state index >= 15 is 0 Å². The van der Waals surface area contributed by atoms with Gasteiger partial charge in [0, 0.05) is 18.8 Å². The molecule has 0 aromatic heterocycles. The number of aryl methyl sites for hydroxylation is 1. The number of nitrogens with one attached hydrogen (secondary N) is 1. The fourth-order valence-corrected chi connectivity index (χ4v) is 5.04. The van der Waals surface area contributed by atoms with Crippen molar-refractivity contribution in [1.29, 1.82) is 0 Å². The van der Waals surface area contributed by atoms with Crippen LogP contribution in [0.2, 0.25) is 0 Å². The smallest absolute Gasteiger partial charge is 0.336 e. The normalized spacial score (nSPS) is 17.2. The Balaban J connectivity index is 1.47. The van der Waals surface area contributed by atoms with Crippen molar-refractivity contribution in [3.8, 4) is 0 Å². The van der Waals surface area contributed by atoms with Crippen LogP contribution in [0.25, 0.3) is 0 Å². The predicted molar refractivity (Wildman–Crippen MR) is 151 cm³/mol. The second-order valence-electron chi connectivity index (χ2n) is 10.2. The van der Waals surface area contributed by atoms with Gasteiger partial charge in [0.25, 0.3) is 0 Å². The van der Waals surface area contributed by atoms with E-state index in [0.29, 0.717) is 30.8 Å². The Kier molecular flexibility index (Phi) is 12.6. The number of amides is 2. The van der Waals surface area contributed by atoms with Crippen LogP contribution in [-0.2, 0) is 16.1 Å². The van der Waals surface area contributed by atoms with Crippen LogP contribution in [0.4, 0.5) is 10.5 Å². The lowest BCUT2D eigenvalue weighted by Crippen LogP contribution is -2.39. The van der Waals surface area contributed by atoms with Crippen LogP contribution < -0.4 is 5.32 Å². The molecule has 2 atom stereocenters. The summed E-state index contributed by atoms with van der Waals surface area (Å²) in [5.41, 5.74) is 2.58. The molecule has 1 aliphatic carbocycles. The number of carboxylic acid groups (broad SMARTS) is 1. The number of anilines is 1. The third-order valence-electron chi connectivity index (χ3n) is 7.18.